The van der Waals surface area contributed by atoms with Gasteiger partial charge in [0.2, 0.25) is 0 Å². The van der Waals surface area contributed by atoms with E-state index in [0.29, 0.717) is 5.92 Å². The van der Waals surface area contributed by atoms with E-state index in [0.717, 1.165) is 36.9 Å². The summed E-state index contributed by atoms with van der Waals surface area (Å²) in [5.74, 6) is 2.37. The molecule has 2 N–H and O–H groups in total. The zero-order valence-electron chi connectivity index (χ0n) is 10.5. The molecule has 0 unspecified atom stereocenters. The molecule has 2 atom stereocenters. The summed E-state index contributed by atoms with van der Waals surface area (Å²) in [6.07, 6.45) is 6.19. The molecule has 0 amide bonds. The number of rotatable bonds is 1. The number of hydrogen-bond acceptors (Lipinski definition) is 3. The Labute approximate surface area is 106 Å². The molecule has 1 aliphatic carbocycles. The first kappa shape index (κ1) is 10.3. The molecule has 2 aromatic heterocycles. The summed E-state index contributed by atoms with van der Waals surface area (Å²) in [5, 5.41) is 11.3. The fraction of sp³-hybridized carbons (Fsp3) is 0.538. The third kappa shape index (κ3) is 1.31. The van der Waals surface area contributed by atoms with Gasteiger partial charge >= 0.3 is 0 Å². The van der Waals surface area contributed by atoms with Crippen molar-refractivity contribution < 1.29 is 0 Å². The van der Waals surface area contributed by atoms with Crippen molar-refractivity contribution in [1.29, 1.82) is 0 Å². The van der Waals surface area contributed by atoms with Crippen molar-refractivity contribution in [1.82, 2.24) is 25.1 Å². The van der Waals surface area contributed by atoms with Gasteiger partial charge in [0, 0.05) is 43.2 Å². The zero-order valence-corrected chi connectivity index (χ0v) is 10.5. The number of fused-ring (bicyclic) bond motifs is 3. The molecular formula is C13H17N5. The lowest BCUT2D eigenvalue weighted by Crippen LogP contribution is -2.19. The van der Waals surface area contributed by atoms with Gasteiger partial charge in [-0.25, -0.2) is 4.98 Å². The molecular weight excluding hydrogens is 226 g/mol. The van der Waals surface area contributed by atoms with Gasteiger partial charge in [0.25, 0.3) is 0 Å². The zero-order chi connectivity index (χ0) is 12.1. The maximum atomic E-state index is 4.53. The smallest absolute Gasteiger partial charge is 0.160 e. The van der Waals surface area contributed by atoms with E-state index < -0.39 is 0 Å². The Bertz CT molecular complexity index is 582. The lowest BCUT2D eigenvalue weighted by atomic mass is 9.80. The molecule has 0 aromatic carbocycles. The minimum absolute atomic E-state index is 0.621. The Morgan fingerprint density at radius 3 is 3.17 bits per heavy atom. The van der Waals surface area contributed by atoms with Crippen molar-refractivity contribution in [3.8, 4) is 11.5 Å². The van der Waals surface area contributed by atoms with Gasteiger partial charge in [0.1, 0.15) is 5.69 Å². The average molecular weight is 243 g/mol. The highest BCUT2D eigenvalue weighted by Gasteiger charge is 2.36. The van der Waals surface area contributed by atoms with Crippen LogP contribution < -0.4 is 5.32 Å². The Hall–Kier alpha value is -1.62. The Balaban J connectivity index is 1.82. The Kier molecular flexibility index (Phi) is 2.11. The Morgan fingerprint density at radius 1 is 1.39 bits per heavy atom. The van der Waals surface area contributed by atoms with Crippen LogP contribution in [0.2, 0.25) is 0 Å². The SMILES string of the molecule is Cn1ccnc1-c1n[nH]c2c1CC[C@@H]1CNC[C@H]21. The summed E-state index contributed by atoms with van der Waals surface area (Å²) in [6.45, 7) is 2.24. The molecule has 0 saturated carbocycles. The van der Waals surface area contributed by atoms with Crippen LogP contribution in [0.15, 0.2) is 12.4 Å². The first-order valence-corrected chi connectivity index (χ1v) is 6.60. The lowest BCUT2D eigenvalue weighted by molar-refractivity contribution is 0.445. The number of aryl methyl sites for hydroxylation is 1. The lowest BCUT2D eigenvalue weighted by Gasteiger charge is -2.24. The minimum atomic E-state index is 0.621. The van der Waals surface area contributed by atoms with Gasteiger partial charge < -0.3 is 9.88 Å². The summed E-state index contributed by atoms with van der Waals surface area (Å²) in [7, 11) is 2.02. The maximum Gasteiger partial charge on any atom is 0.160 e. The molecule has 2 aliphatic rings. The number of aromatic amines is 1. The van der Waals surface area contributed by atoms with E-state index in [2.05, 4.69) is 20.5 Å². The summed E-state index contributed by atoms with van der Waals surface area (Å²) >= 11 is 0. The summed E-state index contributed by atoms with van der Waals surface area (Å²) in [4.78, 5) is 4.42. The normalized spacial score (nSPS) is 26.1. The molecule has 18 heavy (non-hydrogen) atoms. The van der Waals surface area contributed by atoms with Crippen LogP contribution in [-0.4, -0.2) is 32.8 Å². The highest BCUT2D eigenvalue weighted by Crippen LogP contribution is 2.40. The topological polar surface area (TPSA) is 58.5 Å². The largest absolute Gasteiger partial charge is 0.333 e. The van der Waals surface area contributed by atoms with E-state index in [9.17, 15) is 0 Å². The third-order valence-electron chi connectivity index (χ3n) is 4.41. The molecule has 0 spiro atoms. The quantitative estimate of drug-likeness (QED) is 0.787. The van der Waals surface area contributed by atoms with Crippen LogP contribution in [0.3, 0.4) is 0 Å². The molecule has 0 bridgehead atoms. The van der Waals surface area contributed by atoms with Gasteiger partial charge in [-0.3, -0.25) is 5.10 Å². The molecule has 1 aliphatic heterocycles. The summed E-state index contributed by atoms with van der Waals surface area (Å²) in [6, 6.07) is 0. The van der Waals surface area contributed by atoms with E-state index in [1.165, 1.54) is 17.7 Å². The molecule has 4 rings (SSSR count). The number of imidazole rings is 1. The number of H-pyrrole nitrogens is 1. The molecule has 5 nitrogen and oxygen atoms in total. The first-order valence-electron chi connectivity index (χ1n) is 6.60. The van der Waals surface area contributed by atoms with E-state index in [1.54, 1.807) is 0 Å². The molecule has 0 radical (unpaired) electrons. The van der Waals surface area contributed by atoms with Gasteiger partial charge in [-0.2, -0.15) is 5.10 Å². The van der Waals surface area contributed by atoms with Gasteiger partial charge in [-0.15, -0.1) is 0 Å². The van der Waals surface area contributed by atoms with Gasteiger partial charge in [-0.05, 0) is 25.3 Å². The average Bonchev–Trinajstić information content (AvgIpc) is 3.04. The molecule has 1 fully saturated rings. The second kappa shape index (κ2) is 3.68. The third-order valence-corrected chi connectivity index (χ3v) is 4.41. The predicted molar refractivity (Wildman–Crippen MR) is 68.2 cm³/mol. The van der Waals surface area contributed by atoms with Crippen LogP contribution in [0.5, 0.6) is 0 Å². The molecule has 94 valence electrons. The minimum Gasteiger partial charge on any atom is -0.333 e. The Morgan fingerprint density at radius 2 is 2.33 bits per heavy atom. The van der Waals surface area contributed by atoms with Crippen molar-refractivity contribution in [3.63, 3.8) is 0 Å². The van der Waals surface area contributed by atoms with Crippen LogP contribution in [0.4, 0.5) is 0 Å². The molecule has 2 aromatic rings. The van der Waals surface area contributed by atoms with Crippen molar-refractivity contribution in [3.05, 3.63) is 23.7 Å². The number of nitrogens with one attached hydrogen (secondary N) is 2. The van der Waals surface area contributed by atoms with Crippen molar-refractivity contribution >= 4 is 0 Å². The van der Waals surface area contributed by atoms with E-state index in [4.69, 9.17) is 0 Å². The van der Waals surface area contributed by atoms with Gasteiger partial charge in [0.15, 0.2) is 5.82 Å². The number of hydrogen-bond donors (Lipinski definition) is 2. The van der Waals surface area contributed by atoms with Crippen molar-refractivity contribution in [2.24, 2.45) is 13.0 Å². The van der Waals surface area contributed by atoms with E-state index in [-0.39, 0.29) is 0 Å². The van der Waals surface area contributed by atoms with E-state index >= 15 is 0 Å². The van der Waals surface area contributed by atoms with Crippen LogP contribution in [0.25, 0.3) is 11.5 Å². The van der Waals surface area contributed by atoms with Crippen molar-refractivity contribution in [2.45, 2.75) is 18.8 Å². The highest BCUT2D eigenvalue weighted by atomic mass is 15.2. The van der Waals surface area contributed by atoms with Crippen LogP contribution in [0.1, 0.15) is 23.6 Å². The number of nitrogens with zero attached hydrogens (tertiary/aromatic N) is 3. The maximum absolute atomic E-state index is 4.53. The van der Waals surface area contributed by atoms with Crippen LogP contribution >= 0.6 is 0 Å². The van der Waals surface area contributed by atoms with Crippen molar-refractivity contribution in [2.75, 3.05) is 13.1 Å². The molecule has 5 heteroatoms. The fourth-order valence-electron chi connectivity index (χ4n) is 3.42. The monoisotopic (exact) mass is 243 g/mol. The molecule has 3 heterocycles. The van der Waals surface area contributed by atoms with Crippen LogP contribution in [-0.2, 0) is 13.5 Å². The summed E-state index contributed by atoms with van der Waals surface area (Å²) in [5.41, 5.74) is 3.77. The standard InChI is InChI=1S/C13H17N5/c1-18-5-4-15-13(18)12-9-3-2-8-6-14-7-10(8)11(9)16-17-12/h4-5,8,10,14H,2-3,6-7H2,1H3,(H,16,17)/t8-,10+/m1/s1. The van der Waals surface area contributed by atoms with E-state index in [1.807, 2.05) is 24.0 Å². The second-order valence-corrected chi connectivity index (χ2v) is 5.39. The van der Waals surface area contributed by atoms with Crippen LogP contribution in [0, 0.1) is 5.92 Å². The highest BCUT2D eigenvalue weighted by molar-refractivity contribution is 5.58. The predicted octanol–water partition coefficient (Wildman–Crippen LogP) is 1.06. The first-order chi connectivity index (χ1) is 8.84. The van der Waals surface area contributed by atoms with Gasteiger partial charge in [0.05, 0.1) is 0 Å². The second-order valence-electron chi connectivity index (χ2n) is 5.39. The van der Waals surface area contributed by atoms with Gasteiger partial charge in [-0.1, -0.05) is 0 Å². The number of aromatic nitrogens is 4. The summed E-state index contributed by atoms with van der Waals surface area (Å²) < 4.78 is 2.04. The fourth-order valence-corrected chi connectivity index (χ4v) is 3.42. The molecule has 1 saturated heterocycles.